The van der Waals surface area contributed by atoms with Gasteiger partial charge in [-0.05, 0) is 73.0 Å². The largest absolute Gasteiger partial charge is 0.356 e. The summed E-state index contributed by atoms with van der Waals surface area (Å²) in [4.78, 5) is 12.0. The van der Waals surface area contributed by atoms with Gasteiger partial charge in [0.05, 0.1) is 0 Å². The van der Waals surface area contributed by atoms with Crippen LogP contribution in [0.5, 0.6) is 0 Å². The topological polar surface area (TPSA) is 29.1 Å². The fourth-order valence-electron chi connectivity index (χ4n) is 6.78. The van der Waals surface area contributed by atoms with Crippen LogP contribution in [0.4, 0.5) is 0 Å². The van der Waals surface area contributed by atoms with Crippen LogP contribution in [0.2, 0.25) is 0 Å². The zero-order chi connectivity index (χ0) is 14.0. The van der Waals surface area contributed by atoms with Crippen LogP contribution >= 0.6 is 0 Å². The number of carbonyl (C=O) groups excluding carboxylic acids is 1. The van der Waals surface area contributed by atoms with E-state index in [-0.39, 0.29) is 0 Å². The summed E-state index contributed by atoms with van der Waals surface area (Å²) in [5.74, 6) is 3.76. The second-order valence-corrected chi connectivity index (χ2v) is 8.72. The lowest BCUT2D eigenvalue weighted by atomic mass is 9.46. The maximum atomic E-state index is 12.0. The summed E-state index contributed by atoms with van der Waals surface area (Å²) in [6.07, 6.45) is 10.8. The average Bonchev–Trinajstić information content (AvgIpc) is 2.79. The summed E-state index contributed by atoms with van der Waals surface area (Å²) in [6.45, 7) is 5.95. The van der Waals surface area contributed by atoms with Gasteiger partial charge in [-0.1, -0.05) is 20.3 Å². The lowest BCUT2D eigenvalue weighted by molar-refractivity contribution is -0.141. The van der Waals surface area contributed by atoms with Crippen molar-refractivity contribution in [3.05, 3.63) is 0 Å². The summed E-state index contributed by atoms with van der Waals surface area (Å²) in [6, 6.07) is 0. The Morgan fingerprint density at radius 1 is 1.05 bits per heavy atom. The van der Waals surface area contributed by atoms with Gasteiger partial charge in [-0.3, -0.25) is 4.79 Å². The molecule has 0 aromatic carbocycles. The number of hydrogen-bond acceptors (Lipinski definition) is 1. The highest BCUT2D eigenvalue weighted by Crippen LogP contribution is 2.64. The first-order valence-corrected chi connectivity index (χ1v) is 8.80. The van der Waals surface area contributed by atoms with Crippen LogP contribution in [0.3, 0.4) is 0 Å². The van der Waals surface area contributed by atoms with E-state index in [4.69, 9.17) is 0 Å². The third-order valence-electron chi connectivity index (χ3n) is 7.93. The highest BCUT2D eigenvalue weighted by atomic mass is 16.1. The van der Waals surface area contributed by atoms with Gasteiger partial charge < -0.3 is 5.32 Å². The molecular formula is C18H29NO. The number of rotatable bonds is 0. The van der Waals surface area contributed by atoms with Crippen molar-refractivity contribution in [3.8, 4) is 0 Å². The van der Waals surface area contributed by atoms with Crippen molar-refractivity contribution in [2.75, 3.05) is 6.54 Å². The molecule has 0 bridgehead atoms. The SMILES string of the molecule is C[C@]12CCC[C@H]1[C@@H]1CC[C@H]3CNC(=O)C[C@]3(C)[C@@H]1CC2. The van der Waals surface area contributed by atoms with Gasteiger partial charge in [-0.25, -0.2) is 0 Å². The number of amides is 1. The Bertz CT molecular complexity index is 433. The molecule has 1 amide bonds. The van der Waals surface area contributed by atoms with Gasteiger partial charge in [-0.2, -0.15) is 0 Å². The normalized spacial score (nSPS) is 54.6. The molecule has 0 aromatic heterocycles. The number of carbonyl (C=O) groups is 1. The van der Waals surface area contributed by atoms with Crippen molar-refractivity contribution in [1.29, 1.82) is 0 Å². The second kappa shape index (κ2) is 4.24. The molecule has 3 aliphatic carbocycles. The Morgan fingerprint density at radius 3 is 2.75 bits per heavy atom. The molecular weight excluding hydrogens is 246 g/mol. The summed E-state index contributed by atoms with van der Waals surface area (Å²) in [5, 5.41) is 3.12. The zero-order valence-corrected chi connectivity index (χ0v) is 13.1. The van der Waals surface area contributed by atoms with E-state index < -0.39 is 0 Å². The van der Waals surface area contributed by atoms with E-state index in [1.807, 2.05) is 0 Å². The van der Waals surface area contributed by atoms with Crippen LogP contribution in [0.25, 0.3) is 0 Å². The lowest BCUT2D eigenvalue weighted by Crippen LogP contribution is -2.57. The van der Waals surface area contributed by atoms with E-state index in [1.54, 1.807) is 0 Å². The first kappa shape index (κ1) is 13.2. The molecule has 1 N–H and O–H groups in total. The van der Waals surface area contributed by atoms with E-state index in [0.717, 1.165) is 36.6 Å². The van der Waals surface area contributed by atoms with Crippen LogP contribution in [0, 0.1) is 34.5 Å². The molecule has 3 saturated carbocycles. The minimum atomic E-state index is 0.301. The van der Waals surface area contributed by atoms with Crippen molar-refractivity contribution in [2.24, 2.45) is 34.5 Å². The van der Waals surface area contributed by atoms with Crippen molar-refractivity contribution in [1.82, 2.24) is 5.32 Å². The van der Waals surface area contributed by atoms with Crippen molar-refractivity contribution >= 4 is 5.91 Å². The molecule has 0 aromatic rings. The van der Waals surface area contributed by atoms with Crippen LogP contribution < -0.4 is 5.32 Å². The first-order valence-electron chi connectivity index (χ1n) is 8.80. The summed E-state index contributed by atoms with van der Waals surface area (Å²) >= 11 is 0. The fourth-order valence-corrected chi connectivity index (χ4v) is 6.78. The van der Waals surface area contributed by atoms with E-state index >= 15 is 0 Å². The van der Waals surface area contributed by atoms with Gasteiger partial charge in [0.2, 0.25) is 5.91 Å². The van der Waals surface area contributed by atoms with Crippen molar-refractivity contribution in [2.45, 2.75) is 65.2 Å². The average molecular weight is 275 g/mol. The van der Waals surface area contributed by atoms with Crippen molar-refractivity contribution < 1.29 is 4.79 Å². The Morgan fingerprint density at radius 2 is 1.90 bits per heavy atom. The van der Waals surface area contributed by atoms with Crippen molar-refractivity contribution in [3.63, 3.8) is 0 Å². The Labute approximate surface area is 123 Å². The van der Waals surface area contributed by atoms with Crippen LogP contribution in [0.1, 0.15) is 65.2 Å². The molecule has 1 heterocycles. The molecule has 112 valence electrons. The van der Waals surface area contributed by atoms with Gasteiger partial charge in [0.15, 0.2) is 0 Å². The quantitative estimate of drug-likeness (QED) is 0.716. The molecule has 0 unspecified atom stereocenters. The van der Waals surface area contributed by atoms with E-state index in [0.29, 0.717) is 16.7 Å². The van der Waals surface area contributed by atoms with Gasteiger partial charge in [0, 0.05) is 13.0 Å². The number of nitrogens with one attached hydrogen (secondary N) is 1. The third kappa shape index (κ3) is 1.66. The lowest BCUT2D eigenvalue weighted by Gasteiger charge is -2.59. The molecule has 4 aliphatic rings. The van der Waals surface area contributed by atoms with Gasteiger partial charge in [0.25, 0.3) is 0 Å². The monoisotopic (exact) mass is 275 g/mol. The molecule has 2 nitrogen and oxygen atoms in total. The molecule has 1 saturated heterocycles. The Hall–Kier alpha value is -0.530. The second-order valence-electron chi connectivity index (χ2n) is 8.72. The molecule has 4 rings (SSSR count). The fraction of sp³-hybridized carbons (Fsp3) is 0.944. The molecule has 1 aliphatic heterocycles. The highest BCUT2D eigenvalue weighted by molar-refractivity contribution is 5.77. The predicted molar refractivity (Wildman–Crippen MR) is 80.1 cm³/mol. The first-order chi connectivity index (χ1) is 9.53. The summed E-state index contributed by atoms with van der Waals surface area (Å²) in [5.41, 5.74) is 0.941. The number of fused-ring (bicyclic) bond motifs is 5. The number of piperidine rings is 1. The summed E-state index contributed by atoms with van der Waals surface area (Å²) < 4.78 is 0. The van der Waals surface area contributed by atoms with Gasteiger partial charge in [0.1, 0.15) is 0 Å². The van der Waals surface area contributed by atoms with Gasteiger partial charge in [-0.15, -0.1) is 0 Å². The molecule has 2 heteroatoms. The smallest absolute Gasteiger partial charge is 0.220 e. The van der Waals surface area contributed by atoms with Crippen LogP contribution in [-0.2, 0) is 4.79 Å². The zero-order valence-electron chi connectivity index (χ0n) is 13.1. The molecule has 20 heavy (non-hydrogen) atoms. The van der Waals surface area contributed by atoms with E-state index in [1.165, 1.54) is 44.9 Å². The minimum absolute atomic E-state index is 0.301. The predicted octanol–water partition coefficient (Wildman–Crippen LogP) is 3.76. The van der Waals surface area contributed by atoms with Crippen LogP contribution in [0.15, 0.2) is 0 Å². The molecule has 0 spiro atoms. The maximum absolute atomic E-state index is 12.0. The third-order valence-corrected chi connectivity index (χ3v) is 7.93. The summed E-state index contributed by atoms with van der Waals surface area (Å²) in [7, 11) is 0. The Kier molecular flexibility index (Phi) is 2.79. The van der Waals surface area contributed by atoms with Gasteiger partial charge >= 0.3 is 0 Å². The Balaban J connectivity index is 1.66. The standard InChI is InChI=1S/C18H29NO/c1-17-8-3-4-14(17)13-6-5-12-11-19-16(20)10-18(12,2)15(13)7-9-17/h12-15H,3-11H2,1-2H3,(H,19,20)/t12-,13-,14-,15+,17+,18-/m0/s1. The highest BCUT2D eigenvalue weighted by Gasteiger charge is 2.58. The van der Waals surface area contributed by atoms with E-state index in [2.05, 4.69) is 19.2 Å². The maximum Gasteiger partial charge on any atom is 0.220 e. The molecule has 0 radical (unpaired) electrons. The molecule has 6 atom stereocenters. The number of hydrogen-bond donors (Lipinski definition) is 1. The molecule has 4 fully saturated rings. The minimum Gasteiger partial charge on any atom is -0.356 e. The van der Waals surface area contributed by atoms with Crippen LogP contribution in [-0.4, -0.2) is 12.5 Å². The van der Waals surface area contributed by atoms with E-state index in [9.17, 15) is 4.79 Å².